The smallest absolute Gasteiger partial charge is 0.241 e. The van der Waals surface area contributed by atoms with Crippen LogP contribution < -0.4 is 15.2 Å². The molecule has 0 aliphatic heterocycles. The van der Waals surface area contributed by atoms with Crippen LogP contribution in [-0.2, 0) is 22.9 Å². The highest BCUT2D eigenvalue weighted by Gasteiger charge is 2.16. The van der Waals surface area contributed by atoms with Crippen molar-refractivity contribution in [1.82, 2.24) is 5.32 Å². The van der Waals surface area contributed by atoms with Crippen LogP contribution in [0.1, 0.15) is 18.1 Å². The molecule has 0 aliphatic carbocycles. The van der Waals surface area contributed by atoms with E-state index in [0.29, 0.717) is 6.42 Å². The van der Waals surface area contributed by atoms with Gasteiger partial charge in [0.2, 0.25) is 10.0 Å². The highest BCUT2D eigenvalue weighted by Crippen LogP contribution is 2.24. The number of methoxy groups -OCH3 is 1. The predicted octanol–water partition coefficient (Wildman–Crippen LogP) is 2.11. The summed E-state index contributed by atoms with van der Waals surface area (Å²) in [6.07, 6.45) is 1.66. The summed E-state index contributed by atoms with van der Waals surface area (Å²) in [4.78, 5) is 0.0268. The Morgan fingerprint density at radius 2 is 1.83 bits per heavy atom. The first-order valence-electron chi connectivity index (χ1n) is 7.87. The van der Waals surface area contributed by atoms with E-state index in [-0.39, 0.29) is 16.7 Å². The Hall–Kier alpha value is -1.89. The number of primary sulfonamides is 1. The van der Waals surface area contributed by atoms with Crippen LogP contribution in [-0.4, -0.2) is 28.1 Å². The van der Waals surface area contributed by atoms with Gasteiger partial charge in [-0.25, -0.2) is 13.6 Å². The number of benzene rings is 2. The highest BCUT2D eigenvalue weighted by molar-refractivity contribution is 7.89. The second kappa shape index (κ2) is 8.28. The van der Waals surface area contributed by atoms with Crippen LogP contribution in [0.3, 0.4) is 0 Å². The van der Waals surface area contributed by atoms with Crippen molar-refractivity contribution in [3.05, 3.63) is 59.7 Å². The van der Waals surface area contributed by atoms with Crippen LogP contribution in [0, 0.1) is 0 Å². The average Bonchev–Trinajstić information content (AvgIpc) is 2.55. The molecule has 2 aromatic carbocycles. The van der Waals surface area contributed by atoms with Crippen LogP contribution >= 0.6 is 0 Å². The van der Waals surface area contributed by atoms with Gasteiger partial charge in [-0.3, -0.25) is 0 Å². The van der Waals surface area contributed by atoms with Gasteiger partial charge in [-0.2, -0.15) is 0 Å². The Balaban J connectivity index is 1.95. The van der Waals surface area contributed by atoms with Crippen LogP contribution in [0.4, 0.5) is 0 Å². The zero-order chi connectivity index (χ0) is 17.6. The van der Waals surface area contributed by atoms with Crippen molar-refractivity contribution < 1.29 is 13.2 Å². The van der Waals surface area contributed by atoms with Gasteiger partial charge in [-0.05, 0) is 49.6 Å². The second-order valence-corrected chi connectivity index (χ2v) is 7.35. The maximum absolute atomic E-state index is 11.7. The van der Waals surface area contributed by atoms with E-state index in [1.54, 1.807) is 12.1 Å². The SMILES string of the molecule is COc1ccc(CC(C)NCCc2ccccc2)cc1S(N)(=O)=O. The van der Waals surface area contributed by atoms with Crippen LogP contribution in [0.5, 0.6) is 5.75 Å². The van der Waals surface area contributed by atoms with Crippen molar-refractivity contribution in [3.8, 4) is 5.75 Å². The number of hydrogen-bond acceptors (Lipinski definition) is 4. The molecule has 0 fully saturated rings. The summed E-state index contributed by atoms with van der Waals surface area (Å²) in [5, 5.41) is 8.71. The minimum absolute atomic E-state index is 0.0268. The molecule has 0 saturated heterocycles. The zero-order valence-electron chi connectivity index (χ0n) is 14.0. The third-order valence-electron chi connectivity index (χ3n) is 3.83. The molecule has 0 aliphatic rings. The number of ether oxygens (including phenoxy) is 1. The standard InChI is InChI=1S/C18H24N2O3S/c1-14(20-11-10-15-6-4-3-5-7-15)12-16-8-9-17(23-2)18(13-16)24(19,21)22/h3-9,13-14,20H,10-12H2,1-2H3,(H2,19,21,22). The van der Waals surface area contributed by atoms with E-state index >= 15 is 0 Å². The molecule has 3 N–H and O–H groups in total. The first-order chi connectivity index (χ1) is 11.4. The number of sulfonamides is 1. The van der Waals surface area contributed by atoms with Gasteiger partial charge in [0.05, 0.1) is 7.11 Å². The van der Waals surface area contributed by atoms with Gasteiger partial charge in [0.1, 0.15) is 10.6 Å². The Labute approximate surface area is 143 Å². The second-order valence-electron chi connectivity index (χ2n) is 5.83. The fourth-order valence-corrected chi connectivity index (χ4v) is 3.35. The van der Waals surface area contributed by atoms with E-state index in [9.17, 15) is 8.42 Å². The van der Waals surface area contributed by atoms with E-state index in [4.69, 9.17) is 9.88 Å². The quantitative estimate of drug-likeness (QED) is 0.765. The van der Waals surface area contributed by atoms with E-state index in [0.717, 1.165) is 18.5 Å². The molecule has 0 radical (unpaired) electrons. The van der Waals surface area contributed by atoms with Crippen molar-refractivity contribution in [3.63, 3.8) is 0 Å². The molecule has 5 nitrogen and oxygen atoms in total. The molecule has 2 aromatic rings. The van der Waals surface area contributed by atoms with Crippen molar-refractivity contribution in [2.45, 2.75) is 30.7 Å². The summed E-state index contributed by atoms with van der Waals surface area (Å²) in [5.74, 6) is 0.269. The molecule has 0 bridgehead atoms. The van der Waals surface area contributed by atoms with E-state index < -0.39 is 10.0 Å². The molecule has 0 saturated carbocycles. The predicted molar refractivity (Wildman–Crippen MR) is 95.7 cm³/mol. The molecule has 2 rings (SSSR count). The largest absolute Gasteiger partial charge is 0.495 e. The van der Waals surface area contributed by atoms with E-state index in [2.05, 4.69) is 24.4 Å². The maximum atomic E-state index is 11.7. The lowest BCUT2D eigenvalue weighted by atomic mass is 10.1. The van der Waals surface area contributed by atoms with E-state index in [1.165, 1.54) is 12.7 Å². The van der Waals surface area contributed by atoms with Gasteiger partial charge in [0.25, 0.3) is 0 Å². The zero-order valence-corrected chi connectivity index (χ0v) is 14.8. The molecule has 0 heterocycles. The van der Waals surface area contributed by atoms with Crippen molar-refractivity contribution in [2.75, 3.05) is 13.7 Å². The fraction of sp³-hybridized carbons (Fsp3) is 0.333. The average molecular weight is 348 g/mol. The molecule has 6 heteroatoms. The number of nitrogens with two attached hydrogens (primary N) is 1. The summed E-state index contributed by atoms with van der Waals surface area (Å²) in [5.41, 5.74) is 2.19. The number of rotatable bonds is 8. The maximum Gasteiger partial charge on any atom is 0.241 e. The molecule has 24 heavy (non-hydrogen) atoms. The van der Waals surface area contributed by atoms with Crippen molar-refractivity contribution in [1.29, 1.82) is 0 Å². The van der Waals surface area contributed by atoms with Gasteiger partial charge in [0.15, 0.2) is 0 Å². The summed E-state index contributed by atoms with van der Waals surface area (Å²) in [6, 6.07) is 15.6. The Kier molecular flexibility index (Phi) is 6.36. The van der Waals surface area contributed by atoms with Crippen molar-refractivity contribution >= 4 is 10.0 Å². The molecule has 0 aromatic heterocycles. The topological polar surface area (TPSA) is 81.4 Å². The summed E-state index contributed by atoms with van der Waals surface area (Å²) in [7, 11) is -2.37. The lowest BCUT2D eigenvalue weighted by molar-refractivity contribution is 0.402. The van der Waals surface area contributed by atoms with Gasteiger partial charge in [-0.1, -0.05) is 36.4 Å². The van der Waals surface area contributed by atoms with Crippen LogP contribution in [0.25, 0.3) is 0 Å². The molecule has 1 atom stereocenters. The summed E-state index contributed by atoms with van der Waals surface area (Å²) < 4.78 is 28.4. The van der Waals surface area contributed by atoms with Crippen LogP contribution in [0.2, 0.25) is 0 Å². The van der Waals surface area contributed by atoms with Gasteiger partial charge in [-0.15, -0.1) is 0 Å². The minimum atomic E-state index is -3.80. The molecule has 0 amide bonds. The third kappa shape index (κ3) is 5.33. The molecular weight excluding hydrogens is 324 g/mol. The van der Waals surface area contributed by atoms with E-state index in [1.807, 2.05) is 24.3 Å². The highest BCUT2D eigenvalue weighted by atomic mass is 32.2. The van der Waals surface area contributed by atoms with Gasteiger partial charge >= 0.3 is 0 Å². The first-order valence-corrected chi connectivity index (χ1v) is 9.42. The Morgan fingerprint density at radius 3 is 2.46 bits per heavy atom. The van der Waals surface area contributed by atoms with Gasteiger partial charge < -0.3 is 10.1 Å². The van der Waals surface area contributed by atoms with Gasteiger partial charge in [0, 0.05) is 6.04 Å². The number of nitrogens with one attached hydrogen (secondary N) is 1. The first kappa shape index (κ1) is 18.4. The third-order valence-corrected chi connectivity index (χ3v) is 4.76. The Morgan fingerprint density at radius 1 is 1.12 bits per heavy atom. The normalized spacial score (nSPS) is 12.8. The summed E-state index contributed by atoms with van der Waals surface area (Å²) in [6.45, 7) is 2.94. The Bertz CT molecular complexity index is 761. The molecule has 130 valence electrons. The summed E-state index contributed by atoms with van der Waals surface area (Å²) >= 11 is 0. The minimum Gasteiger partial charge on any atom is -0.495 e. The molecule has 0 spiro atoms. The fourth-order valence-electron chi connectivity index (χ4n) is 2.60. The number of hydrogen-bond donors (Lipinski definition) is 2. The monoisotopic (exact) mass is 348 g/mol. The lowest BCUT2D eigenvalue weighted by Crippen LogP contribution is -2.30. The molecule has 1 unspecified atom stereocenters. The van der Waals surface area contributed by atoms with Crippen LogP contribution in [0.15, 0.2) is 53.4 Å². The van der Waals surface area contributed by atoms with Crippen molar-refractivity contribution in [2.24, 2.45) is 5.14 Å². The molecular formula is C18H24N2O3S. The lowest BCUT2D eigenvalue weighted by Gasteiger charge is -2.15.